The highest BCUT2D eigenvalue weighted by Gasteiger charge is 2.15. The molecule has 0 fully saturated rings. The van der Waals surface area contributed by atoms with Crippen LogP contribution in [0.1, 0.15) is 10.4 Å². The molecule has 0 bridgehead atoms. The summed E-state index contributed by atoms with van der Waals surface area (Å²) in [7, 11) is -1.89. The lowest BCUT2D eigenvalue weighted by Crippen LogP contribution is -2.14. The molecule has 0 radical (unpaired) electrons. The van der Waals surface area contributed by atoms with Gasteiger partial charge in [-0.2, -0.15) is 4.99 Å². The van der Waals surface area contributed by atoms with Gasteiger partial charge in [-0.3, -0.25) is 9.52 Å². The van der Waals surface area contributed by atoms with E-state index in [9.17, 15) is 13.2 Å². The number of amides is 1. The van der Waals surface area contributed by atoms with Crippen molar-refractivity contribution < 1.29 is 13.2 Å². The first-order valence-electron chi connectivity index (χ1n) is 10.3. The van der Waals surface area contributed by atoms with Crippen molar-refractivity contribution in [2.24, 2.45) is 12.0 Å². The summed E-state index contributed by atoms with van der Waals surface area (Å²) in [5.41, 5.74) is 1.70. The van der Waals surface area contributed by atoms with Crippen LogP contribution in [0, 0.1) is 0 Å². The number of hydrogen-bond acceptors (Lipinski definition) is 4. The molecule has 9 heteroatoms. The second-order valence-corrected chi connectivity index (χ2v) is 10.7. The Hall–Kier alpha value is -3.46. The lowest BCUT2D eigenvalue weighted by molar-refractivity contribution is 0.0998. The average molecular weight is 508 g/mol. The van der Waals surface area contributed by atoms with E-state index in [4.69, 9.17) is 11.6 Å². The summed E-state index contributed by atoms with van der Waals surface area (Å²) in [6, 6.07) is 24.2. The van der Waals surface area contributed by atoms with Crippen molar-refractivity contribution >= 4 is 65.5 Å². The molecule has 0 aliphatic rings. The third-order valence-corrected chi connectivity index (χ3v) is 8.24. The van der Waals surface area contributed by atoms with E-state index in [0.717, 1.165) is 21.0 Å². The predicted molar refractivity (Wildman–Crippen MR) is 137 cm³/mol. The van der Waals surface area contributed by atoms with E-state index in [0.29, 0.717) is 21.1 Å². The van der Waals surface area contributed by atoms with Crippen LogP contribution in [-0.4, -0.2) is 18.9 Å². The zero-order valence-corrected chi connectivity index (χ0v) is 20.3. The summed E-state index contributed by atoms with van der Waals surface area (Å²) >= 11 is 7.29. The molecule has 1 amide bonds. The summed E-state index contributed by atoms with van der Waals surface area (Å²) in [6.45, 7) is 0. The van der Waals surface area contributed by atoms with E-state index in [2.05, 4.69) is 27.9 Å². The van der Waals surface area contributed by atoms with Crippen molar-refractivity contribution in [1.82, 2.24) is 4.57 Å². The molecule has 5 aromatic rings. The van der Waals surface area contributed by atoms with Crippen LogP contribution in [0.5, 0.6) is 0 Å². The first-order valence-corrected chi connectivity index (χ1v) is 12.9. The van der Waals surface area contributed by atoms with Crippen molar-refractivity contribution in [3.8, 4) is 0 Å². The van der Waals surface area contributed by atoms with Crippen LogP contribution in [0.15, 0.2) is 94.8 Å². The molecule has 6 nitrogen and oxygen atoms in total. The molecule has 0 saturated heterocycles. The van der Waals surface area contributed by atoms with Crippen molar-refractivity contribution in [2.45, 2.75) is 4.90 Å². The largest absolute Gasteiger partial charge is 0.319 e. The van der Waals surface area contributed by atoms with Gasteiger partial charge in [-0.25, -0.2) is 8.42 Å². The monoisotopic (exact) mass is 507 g/mol. The fourth-order valence-corrected chi connectivity index (χ4v) is 5.96. The van der Waals surface area contributed by atoms with Crippen molar-refractivity contribution in [3.63, 3.8) is 0 Å². The number of aromatic nitrogens is 1. The minimum atomic E-state index is -3.77. The standard InChI is InChI=1S/C25H18ClN3O3S2/c1-29-22-15-8-16-4-2-3-5-21(16)23(22)33-25(29)27-24(30)17-6-11-19(12-7-17)28-34(31,32)20-13-9-18(26)10-14-20/h2-15,28H,1H3. The van der Waals surface area contributed by atoms with Crippen molar-refractivity contribution in [3.05, 3.63) is 100 Å². The first kappa shape index (κ1) is 22.3. The number of carbonyl (C=O) groups excluding carboxylic acids is 1. The Morgan fingerprint density at radius 3 is 2.38 bits per heavy atom. The number of nitrogens with zero attached hydrogens (tertiary/aromatic N) is 2. The van der Waals surface area contributed by atoms with Crippen molar-refractivity contribution in [2.75, 3.05) is 4.72 Å². The molecule has 34 heavy (non-hydrogen) atoms. The number of nitrogens with one attached hydrogen (secondary N) is 1. The van der Waals surface area contributed by atoms with Gasteiger partial charge in [0.05, 0.1) is 15.1 Å². The summed E-state index contributed by atoms with van der Waals surface area (Å²) in [5.74, 6) is -0.404. The molecule has 0 aliphatic carbocycles. The van der Waals surface area contributed by atoms with E-state index in [-0.39, 0.29) is 4.90 Å². The van der Waals surface area contributed by atoms with Crippen LogP contribution in [0.25, 0.3) is 21.0 Å². The Morgan fingerprint density at radius 1 is 0.941 bits per heavy atom. The molecule has 0 aliphatic heterocycles. The van der Waals surface area contributed by atoms with E-state index in [1.807, 2.05) is 29.8 Å². The highest BCUT2D eigenvalue weighted by molar-refractivity contribution is 7.92. The minimum absolute atomic E-state index is 0.0943. The molecule has 170 valence electrons. The number of benzene rings is 4. The lowest BCUT2D eigenvalue weighted by Gasteiger charge is -2.08. The number of halogens is 1. The average Bonchev–Trinajstić information content (AvgIpc) is 3.15. The van der Waals surface area contributed by atoms with Gasteiger partial charge in [0.15, 0.2) is 4.80 Å². The summed E-state index contributed by atoms with van der Waals surface area (Å²) < 4.78 is 30.6. The van der Waals surface area contributed by atoms with E-state index >= 15 is 0 Å². The number of sulfonamides is 1. The van der Waals surface area contributed by atoms with Gasteiger partial charge in [-0.05, 0) is 60.0 Å². The predicted octanol–water partition coefficient (Wildman–Crippen LogP) is 5.59. The number of anilines is 1. The Kier molecular flexibility index (Phi) is 5.73. The number of rotatable bonds is 4. The Balaban J connectivity index is 1.42. The summed E-state index contributed by atoms with van der Waals surface area (Å²) in [4.78, 5) is 17.8. The molecule has 0 atom stereocenters. The molecule has 0 saturated carbocycles. The third-order valence-electron chi connectivity index (χ3n) is 5.41. The van der Waals surface area contributed by atoms with Gasteiger partial charge in [-0.1, -0.05) is 53.3 Å². The highest BCUT2D eigenvalue weighted by atomic mass is 35.5. The fourth-order valence-electron chi connectivity index (χ4n) is 3.62. The molecule has 1 N–H and O–H groups in total. The number of thiazole rings is 1. The molecular weight excluding hydrogens is 490 g/mol. The quantitative estimate of drug-likeness (QED) is 0.344. The third kappa shape index (κ3) is 4.23. The first-order chi connectivity index (χ1) is 16.3. The van der Waals surface area contributed by atoms with E-state index in [1.54, 1.807) is 12.1 Å². The van der Waals surface area contributed by atoms with E-state index in [1.165, 1.54) is 47.7 Å². The fraction of sp³-hybridized carbons (Fsp3) is 0.0400. The number of hydrogen-bond donors (Lipinski definition) is 1. The molecule has 5 rings (SSSR count). The van der Waals surface area contributed by atoms with Gasteiger partial charge >= 0.3 is 0 Å². The summed E-state index contributed by atoms with van der Waals surface area (Å²) in [6.07, 6.45) is 0. The Morgan fingerprint density at radius 2 is 1.65 bits per heavy atom. The highest BCUT2D eigenvalue weighted by Crippen LogP contribution is 2.27. The van der Waals surface area contributed by atoms with Gasteiger partial charge in [0.25, 0.3) is 15.9 Å². The van der Waals surface area contributed by atoms with Gasteiger partial charge in [-0.15, -0.1) is 0 Å². The Labute approximate surface area is 204 Å². The number of carbonyl (C=O) groups is 1. The molecule has 0 spiro atoms. The van der Waals surface area contributed by atoms with Crippen LogP contribution < -0.4 is 9.52 Å². The maximum atomic E-state index is 12.8. The second kappa shape index (κ2) is 8.72. The SMILES string of the molecule is Cn1c(=NC(=O)c2ccc(NS(=O)(=O)c3ccc(Cl)cc3)cc2)sc2c3ccccc3ccc21. The maximum Gasteiger partial charge on any atom is 0.279 e. The topological polar surface area (TPSA) is 80.5 Å². The maximum absolute atomic E-state index is 12.8. The van der Waals surface area contributed by atoms with Crippen molar-refractivity contribution in [1.29, 1.82) is 0 Å². The van der Waals surface area contributed by atoms with Gasteiger partial charge < -0.3 is 4.57 Å². The van der Waals surface area contributed by atoms with Crippen LogP contribution in [0.3, 0.4) is 0 Å². The Bertz CT molecular complexity index is 1720. The molecule has 4 aromatic carbocycles. The number of aryl methyl sites for hydroxylation is 1. The van der Waals surface area contributed by atoms with Gasteiger partial charge in [0.2, 0.25) is 0 Å². The van der Waals surface area contributed by atoms with E-state index < -0.39 is 15.9 Å². The van der Waals surface area contributed by atoms with Crippen LogP contribution in [0.4, 0.5) is 5.69 Å². The molecule has 1 heterocycles. The molecular formula is C25H18ClN3O3S2. The molecule has 1 aromatic heterocycles. The smallest absolute Gasteiger partial charge is 0.279 e. The lowest BCUT2D eigenvalue weighted by atomic mass is 10.1. The summed E-state index contributed by atoms with van der Waals surface area (Å²) in [5, 5.41) is 2.70. The minimum Gasteiger partial charge on any atom is -0.319 e. The zero-order valence-electron chi connectivity index (χ0n) is 17.9. The van der Waals surface area contributed by atoms with Gasteiger partial charge in [0, 0.05) is 28.7 Å². The second-order valence-electron chi connectivity index (χ2n) is 7.63. The number of fused-ring (bicyclic) bond motifs is 3. The zero-order chi connectivity index (χ0) is 23.9. The van der Waals surface area contributed by atoms with Gasteiger partial charge in [0.1, 0.15) is 0 Å². The van der Waals surface area contributed by atoms with Crippen LogP contribution in [0.2, 0.25) is 5.02 Å². The normalized spacial score (nSPS) is 12.4. The van der Waals surface area contributed by atoms with Crippen LogP contribution in [-0.2, 0) is 17.1 Å². The van der Waals surface area contributed by atoms with Crippen LogP contribution >= 0.6 is 22.9 Å². The molecule has 0 unspecified atom stereocenters.